The molecule has 3 heteroatoms. The molecule has 1 rings (SSSR count). The molecule has 0 aromatic rings. The third kappa shape index (κ3) is 4.25. The second-order valence-corrected chi connectivity index (χ2v) is 5.20. The smallest absolute Gasteiger partial charge is 0.450 e. The van der Waals surface area contributed by atoms with Gasteiger partial charge < -0.3 is 10.2 Å². The van der Waals surface area contributed by atoms with Crippen molar-refractivity contribution in [2.24, 2.45) is 11.3 Å². The Kier molecular flexibility index (Phi) is 5.56. The summed E-state index contributed by atoms with van der Waals surface area (Å²) in [6.45, 7) is 11.8. The summed E-state index contributed by atoms with van der Waals surface area (Å²) >= 11 is 0. The lowest BCUT2D eigenvalue weighted by Crippen LogP contribution is -2.28. The van der Waals surface area contributed by atoms with Crippen LogP contribution in [0.15, 0.2) is 11.1 Å². The Labute approximate surface area is 98.2 Å². The Bertz CT molecular complexity index is 273. The van der Waals surface area contributed by atoms with Crippen LogP contribution < -0.4 is 0 Å². The van der Waals surface area contributed by atoms with E-state index in [4.69, 9.17) is 15.0 Å². The average molecular weight is 228 g/mol. The van der Waals surface area contributed by atoms with Gasteiger partial charge in [0.25, 0.3) is 0 Å². The number of allylic oxidation sites excluding steroid dienone is 2. The van der Waals surface area contributed by atoms with E-state index in [-0.39, 0.29) is 0 Å². The largest absolute Gasteiger partial charge is 0.503 e. The van der Waals surface area contributed by atoms with Crippen LogP contribution in [0.5, 0.6) is 0 Å². The van der Waals surface area contributed by atoms with Crippen molar-refractivity contribution < 1.29 is 15.0 Å². The number of carboxylic acid groups (broad SMARTS) is 2. The van der Waals surface area contributed by atoms with Crippen LogP contribution in [0.3, 0.4) is 0 Å². The van der Waals surface area contributed by atoms with Gasteiger partial charge in [0.15, 0.2) is 0 Å². The second kappa shape index (κ2) is 5.92. The molecular weight excluding hydrogens is 204 g/mol. The predicted molar refractivity (Wildman–Crippen MR) is 65.8 cm³/mol. The van der Waals surface area contributed by atoms with E-state index in [0.717, 1.165) is 5.92 Å². The van der Waals surface area contributed by atoms with Gasteiger partial charge in [0.2, 0.25) is 0 Å². The molecule has 0 amide bonds. The quantitative estimate of drug-likeness (QED) is 0.654. The zero-order valence-corrected chi connectivity index (χ0v) is 11.0. The van der Waals surface area contributed by atoms with Gasteiger partial charge in [0, 0.05) is 0 Å². The summed E-state index contributed by atoms with van der Waals surface area (Å²) < 4.78 is 0. The van der Waals surface area contributed by atoms with E-state index in [1.54, 1.807) is 11.1 Å². The van der Waals surface area contributed by atoms with Gasteiger partial charge in [-0.05, 0) is 44.4 Å². The fourth-order valence-corrected chi connectivity index (χ4v) is 2.62. The molecule has 0 radical (unpaired) electrons. The minimum atomic E-state index is -1.83. The highest BCUT2D eigenvalue weighted by Gasteiger charge is 2.32. The molecule has 0 aliphatic heterocycles. The highest BCUT2D eigenvalue weighted by atomic mass is 16.6. The summed E-state index contributed by atoms with van der Waals surface area (Å²) in [6.07, 6.45) is 2.15. The standard InChI is InChI=1S/C12H22.CH2O3/c1-6-11-10(3)9(2)7-8-12(11,4)5;2-1(3)4/h11H,6-8H2,1-5H3;(H2,2,3,4). The SMILES string of the molecule is CCC1C(C)=C(C)CCC1(C)C.O=C(O)O. The zero-order chi connectivity index (χ0) is 12.9. The Morgan fingerprint density at radius 1 is 1.38 bits per heavy atom. The van der Waals surface area contributed by atoms with Crippen molar-refractivity contribution in [3.63, 3.8) is 0 Å². The van der Waals surface area contributed by atoms with Crippen molar-refractivity contribution in [3.8, 4) is 0 Å². The molecule has 1 unspecified atom stereocenters. The van der Waals surface area contributed by atoms with Crippen LogP contribution in [-0.4, -0.2) is 16.4 Å². The minimum absolute atomic E-state index is 0.540. The van der Waals surface area contributed by atoms with Crippen LogP contribution in [0.4, 0.5) is 4.79 Å². The summed E-state index contributed by atoms with van der Waals surface area (Å²) in [4.78, 5) is 8.56. The van der Waals surface area contributed by atoms with Gasteiger partial charge in [-0.2, -0.15) is 0 Å². The van der Waals surface area contributed by atoms with Gasteiger partial charge in [0.1, 0.15) is 0 Å². The van der Waals surface area contributed by atoms with Crippen LogP contribution in [0.2, 0.25) is 0 Å². The van der Waals surface area contributed by atoms with E-state index in [2.05, 4.69) is 34.6 Å². The van der Waals surface area contributed by atoms with Gasteiger partial charge in [-0.25, -0.2) is 4.79 Å². The first-order chi connectivity index (χ1) is 7.22. The van der Waals surface area contributed by atoms with Crippen molar-refractivity contribution in [2.45, 2.75) is 53.9 Å². The Hall–Kier alpha value is -0.990. The predicted octanol–water partition coefficient (Wildman–Crippen LogP) is 4.39. The lowest BCUT2D eigenvalue weighted by atomic mass is 9.66. The highest BCUT2D eigenvalue weighted by Crippen LogP contribution is 2.44. The topological polar surface area (TPSA) is 57.5 Å². The average Bonchev–Trinajstić information content (AvgIpc) is 2.12. The fraction of sp³-hybridized carbons (Fsp3) is 0.769. The molecular formula is C13H24O3. The van der Waals surface area contributed by atoms with Gasteiger partial charge >= 0.3 is 6.16 Å². The monoisotopic (exact) mass is 228 g/mol. The number of hydrogen-bond donors (Lipinski definition) is 2. The molecule has 2 N–H and O–H groups in total. The molecule has 0 saturated carbocycles. The molecule has 0 spiro atoms. The van der Waals surface area contributed by atoms with Gasteiger partial charge in [-0.15, -0.1) is 0 Å². The van der Waals surface area contributed by atoms with Crippen LogP contribution in [0, 0.1) is 11.3 Å². The summed E-state index contributed by atoms with van der Waals surface area (Å²) in [5.41, 5.74) is 3.84. The number of rotatable bonds is 1. The molecule has 0 bridgehead atoms. The first-order valence-corrected chi connectivity index (χ1v) is 5.80. The first kappa shape index (κ1) is 15.0. The maximum Gasteiger partial charge on any atom is 0.503 e. The van der Waals surface area contributed by atoms with Gasteiger partial charge in [0.05, 0.1) is 0 Å². The number of carbonyl (C=O) groups is 1. The maximum atomic E-state index is 8.56. The Balaban J connectivity index is 0.000000487. The fourth-order valence-electron chi connectivity index (χ4n) is 2.62. The number of hydrogen-bond acceptors (Lipinski definition) is 1. The third-order valence-corrected chi connectivity index (χ3v) is 3.69. The Morgan fingerprint density at radius 3 is 2.12 bits per heavy atom. The van der Waals surface area contributed by atoms with E-state index in [9.17, 15) is 0 Å². The van der Waals surface area contributed by atoms with Crippen molar-refractivity contribution in [2.75, 3.05) is 0 Å². The van der Waals surface area contributed by atoms with E-state index in [0.29, 0.717) is 5.41 Å². The minimum Gasteiger partial charge on any atom is -0.450 e. The maximum absolute atomic E-state index is 8.56. The first-order valence-electron chi connectivity index (χ1n) is 5.80. The molecule has 0 aromatic heterocycles. The summed E-state index contributed by atoms with van der Waals surface area (Å²) in [5, 5.41) is 13.9. The van der Waals surface area contributed by atoms with Gasteiger partial charge in [-0.1, -0.05) is 31.9 Å². The zero-order valence-electron chi connectivity index (χ0n) is 11.0. The van der Waals surface area contributed by atoms with E-state index in [1.165, 1.54) is 19.3 Å². The molecule has 1 aliphatic carbocycles. The van der Waals surface area contributed by atoms with Crippen molar-refractivity contribution in [3.05, 3.63) is 11.1 Å². The third-order valence-electron chi connectivity index (χ3n) is 3.69. The summed E-state index contributed by atoms with van der Waals surface area (Å²) in [7, 11) is 0. The van der Waals surface area contributed by atoms with E-state index in [1.807, 2.05) is 0 Å². The van der Waals surface area contributed by atoms with Crippen molar-refractivity contribution >= 4 is 6.16 Å². The molecule has 16 heavy (non-hydrogen) atoms. The second-order valence-electron chi connectivity index (χ2n) is 5.20. The van der Waals surface area contributed by atoms with Crippen molar-refractivity contribution in [1.82, 2.24) is 0 Å². The molecule has 94 valence electrons. The van der Waals surface area contributed by atoms with Crippen molar-refractivity contribution in [1.29, 1.82) is 0 Å². The molecule has 3 nitrogen and oxygen atoms in total. The summed E-state index contributed by atoms with van der Waals surface area (Å²) in [6, 6.07) is 0. The van der Waals surface area contributed by atoms with Crippen LogP contribution in [0.1, 0.15) is 53.9 Å². The van der Waals surface area contributed by atoms with E-state index >= 15 is 0 Å². The molecule has 0 fully saturated rings. The molecule has 0 saturated heterocycles. The molecule has 0 heterocycles. The Morgan fingerprint density at radius 2 is 1.81 bits per heavy atom. The molecule has 0 aromatic carbocycles. The molecule has 1 atom stereocenters. The normalized spacial score (nSPS) is 23.4. The van der Waals surface area contributed by atoms with Gasteiger partial charge in [-0.3, -0.25) is 0 Å². The highest BCUT2D eigenvalue weighted by molar-refractivity contribution is 5.53. The van der Waals surface area contributed by atoms with Crippen LogP contribution >= 0.6 is 0 Å². The molecule has 1 aliphatic rings. The lowest BCUT2D eigenvalue weighted by molar-refractivity contribution is 0.137. The summed E-state index contributed by atoms with van der Waals surface area (Å²) in [5.74, 6) is 0.825. The lowest BCUT2D eigenvalue weighted by Gasteiger charge is -2.40. The van der Waals surface area contributed by atoms with Crippen LogP contribution in [-0.2, 0) is 0 Å². The van der Waals surface area contributed by atoms with Crippen LogP contribution in [0.25, 0.3) is 0 Å². The van der Waals surface area contributed by atoms with E-state index < -0.39 is 6.16 Å².